The average molecular weight is 248 g/mol. The summed E-state index contributed by atoms with van der Waals surface area (Å²) in [5.41, 5.74) is 0.691. The van der Waals surface area contributed by atoms with Gasteiger partial charge in [-0.3, -0.25) is 9.59 Å². The second-order valence-electron chi connectivity index (χ2n) is 5.26. The molecule has 1 spiro atoms. The molecule has 0 bridgehead atoms. The summed E-state index contributed by atoms with van der Waals surface area (Å²) in [6.07, 6.45) is 5.40. The van der Waals surface area contributed by atoms with Crippen LogP contribution in [0.3, 0.4) is 0 Å². The molecule has 3 heterocycles. The molecule has 2 saturated heterocycles. The van der Waals surface area contributed by atoms with E-state index in [1.54, 1.807) is 6.07 Å². The highest BCUT2D eigenvalue weighted by molar-refractivity contribution is 5.93. The van der Waals surface area contributed by atoms with Crippen molar-refractivity contribution >= 4 is 11.8 Å². The Balaban J connectivity index is 1.64. The van der Waals surface area contributed by atoms with Gasteiger partial charge in [0.25, 0.3) is 5.91 Å². The predicted molar refractivity (Wildman–Crippen MR) is 63.9 cm³/mol. The van der Waals surface area contributed by atoms with Gasteiger partial charge in [0.15, 0.2) is 0 Å². The van der Waals surface area contributed by atoms with Gasteiger partial charge in [-0.05, 0) is 24.3 Å². The monoisotopic (exact) mass is 248 g/mol. The maximum atomic E-state index is 12.1. The summed E-state index contributed by atoms with van der Waals surface area (Å²) >= 11 is 0. The first kappa shape index (κ1) is 11.3. The standard InChI is InChI=1S/C13H16N2O3/c16-11-7-13(9-14-11)2-4-15(5-3-13)12(17)10-1-6-18-8-10/h1,6,8H,2-5,7,9H2,(H,14,16). The number of likely N-dealkylation sites (tertiary alicyclic amines) is 1. The molecule has 2 fully saturated rings. The van der Waals surface area contributed by atoms with E-state index in [9.17, 15) is 9.59 Å². The highest BCUT2D eigenvalue weighted by Gasteiger charge is 2.41. The van der Waals surface area contributed by atoms with Crippen molar-refractivity contribution in [3.8, 4) is 0 Å². The molecule has 1 aromatic heterocycles. The van der Waals surface area contributed by atoms with Gasteiger partial charge in [0.1, 0.15) is 6.26 Å². The predicted octanol–water partition coefficient (Wildman–Crippen LogP) is 1.02. The molecule has 0 radical (unpaired) electrons. The van der Waals surface area contributed by atoms with Gasteiger partial charge in [0.2, 0.25) is 5.91 Å². The second-order valence-corrected chi connectivity index (χ2v) is 5.26. The number of furan rings is 1. The van der Waals surface area contributed by atoms with Crippen LogP contribution in [0, 0.1) is 5.41 Å². The van der Waals surface area contributed by atoms with E-state index >= 15 is 0 Å². The molecule has 2 aliphatic heterocycles. The SMILES string of the molecule is O=C1CC2(CCN(C(=O)c3ccoc3)CC2)CN1. The Morgan fingerprint density at radius 2 is 2.17 bits per heavy atom. The van der Waals surface area contributed by atoms with E-state index < -0.39 is 0 Å². The maximum Gasteiger partial charge on any atom is 0.257 e. The van der Waals surface area contributed by atoms with E-state index in [0.717, 1.165) is 32.5 Å². The lowest BCUT2D eigenvalue weighted by Gasteiger charge is -2.38. The molecule has 0 aromatic carbocycles. The fourth-order valence-corrected chi connectivity index (χ4v) is 2.86. The normalized spacial score (nSPS) is 22.2. The first-order valence-electron chi connectivity index (χ1n) is 6.27. The molecule has 1 aromatic rings. The Hall–Kier alpha value is -1.78. The number of carbonyl (C=O) groups is 2. The van der Waals surface area contributed by atoms with Crippen molar-refractivity contribution in [3.05, 3.63) is 24.2 Å². The van der Waals surface area contributed by atoms with Crippen molar-refractivity contribution in [2.45, 2.75) is 19.3 Å². The molecule has 0 aliphatic carbocycles. The zero-order valence-corrected chi connectivity index (χ0v) is 10.1. The molecule has 5 nitrogen and oxygen atoms in total. The molecule has 1 N–H and O–H groups in total. The van der Waals surface area contributed by atoms with Crippen LogP contribution in [0.2, 0.25) is 0 Å². The van der Waals surface area contributed by atoms with Gasteiger partial charge in [-0.2, -0.15) is 0 Å². The number of carbonyl (C=O) groups excluding carboxylic acids is 2. The van der Waals surface area contributed by atoms with Crippen molar-refractivity contribution in [2.24, 2.45) is 5.41 Å². The third-order valence-corrected chi connectivity index (χ3v) is 4.08. The van der Waals surface area contributed by atoms with Crippen LogP contribution >= 0.6 is 0 Å². The molecule has 2 amide bonds. The van der Waals surface area contributed by atoms with Crippen LogP contribution in [-0.2, 0) is 4.79 Å². The van der Waals surface area contributed by atoms with E-state index in [-0.39, 0.29) is 17.2 Å². The third-order valence-electron chi connectivity index (χ3n) is 4.08. The van der Waals surface area contributed by atoms with E-state index in [0.29, 0.717) is 12.0 Å². The molecular formula is C13H16N2O3. The number of nitrogens with one attached hydrogen (secondary N) is 1. The number of amides is 2. The van der Waals surface area contributed by atoms with Gasteiger partial charge < -0.3 is 14.6 Å². The summed E-state index contributed by atoms with van der Waals surface area (Å²) in [5, 5.41) is 2.89. The van der Waals surface area contributed by atoms with Crippen LogP contribution in [0.15, 0.2) is 23.0 Å². The van der Waals surface area contributed by atoms with Crippen molar-refractivity contribution < 1.29 is 14.0 Å². The fourth-order valence-electron chi connectivity index (χ4n) is 2.86. The van der Waals surface area contributed by atoms with Crippen LogP contribution in [0.1, 0.15) is 29.6 Å². The number of piperidine rings is 1. The molecular weight excluding hydrogens is 232 g/mol. The lowest BCUT2D eigenvalue weighted by Crippen LogP contribution is -2.43. The summed E-state index contributed by atoms with van der Waals surface area (Å²) in [7, 11) is 0. The van der Waals surface area contributed by atoms with Crippen LogP contribution < -0.4 is 5.32 Å². The van der Waals surface area contributed by atoms with Gasteiger partial charge in [-0.15, -0.1) is 0 Å². The Kier molecular flexibility index (Phi) is 2.61. The second kappa shape index (κ2) is 4.15. The van der Waals surface area contributed by atoms with Crippen LogP contribution in [0.5, 0.6) is 0 Å². The summed E-state index contributed by atoms with van der Waals surface area (Å²) in [6.45, 7) is 2.21. The molecule has 0 atom stereocenters. The van der Waals surface area contributed by atoms with Crippen molar-refractivity contribution in [3.63, 3.8) is 0 Å². The first-order chi connectivity index (χ1) is 8.69. The van der Waals surface area contributed by atoms with Gasteiger partial charge in [-0.1, -0.05) is 0 Å². The van der Waals surface area contributed by atoms with Crippen molar-refractivity contribution in [1.82, 2.24) is 10.2 Å². The number of hydrogen-bond acceptors (Lipinski definition) is 3. The number of nitrogens with zero attached hydrogens (tertiary/aromatic N) is 1. The number of rotatable bonds is 1. The minimum Gasteiger partial charge on any atom is -0.472 e. The number of hydrogen-bond donors (Lipinski definition) is 1. The van der Waals surface area contributed by atoms with E-state index in [1.165, 1.54) is 12.5 Å². The van der Waals surface area contributed by atoms with Crippen molar-refractivity contribution in [2.75, 3.05) is 19.6 Å². The topological polar surface area (TPSA) is 62.6 Å². The van der Waals surface area contributed by atoms with Crippen molar-refractivity contribution in [1.29, 1.82) is 0 Å². The molecule has 96 valence electrons. The van der Waals surface area contributed by atoms with E-state index in [4.69, 9.17) is 4.42 Å². The van der Waals surface area contributed by atoms with Gasteiger partial charge in [0, 0.05) is 26.1 Å². The largest absolute Gasteiger partial charge is 0.472 e. The lowest BCUT2D eigenvalue weighted by molar-refractivity contribution is -0.119. The summed E-state index contributed by atoms with van der Waals surface area (Å²) < 4.78 is 4.93. The molecule has 18 heavy (non-hydrogen) atoms. The van der Waals surface area contributed by atoms with Gasteiger partial charge in [0.05, 0.1) is 11.8 Å². The Morgan fingerprint density at radius 3 is 2.72 bits per heavy atom. The fraction of sp³-hybridized carbons (Fsp3) is 0.538. The zero-order valence-electron chi connectivity index (χ0n) is 10.1. The van der Waals surface area contributed by atoms with E-state index in [1.807, 2.05) is 4.90 Å². The highest BCUT2D eigenvalue weighted by atomic mass is 16.3. The average Bonchev–Trinajstić information content (AvgIpc) is 3.00. The summed E-state index contributed by atoms with van der Waals surface area (Å²) in [6, 6.07) is 1.69. The summed E-state index contributed by atoms with van der Waals surface area (Å²) in [4.78, 5) is 25.3. The van der Waals surface area contributed by atoms with Crippen LogP contribution in [0.25, 0.3) is 0 Å². The molecule has 2 aliphatic rings. The van der Waals surface area contributed by atoms with Crippen LogP contribution in [0.4, 0.5) is 0 Å². The lowest BCUT2D eigenvalue weighted by atomic mass is 9.77. The molecule has 0 unspecified atom stereocenters. The maximum absolute atomic E-state index is 12.1. The Labute approximate surface area is 105 Å². The smallest absolute Gasteiger partial charge is 0.257 e. The third kappa shape index (κ3) is 1.89. The molecule has 5 heteroatoms. The summed E-state index contributed by atoms with van der Waals surface area (Å²) in [5.74, 6) is 0.167. The molecule has 3 rings (SSSR count). The minimum atomic E-state index is 0.0240. The highest BCUT2D eigenvalue weighted by Crippen LogP contribution is 2.37. The van der Waals surface area contributed by atoms with Crippen LogP contribution in [-0.4, -0.2) is 36.3 Å². The zero-order chi connectivity index (χ0) is 12.6. The van der Waals surface area contributed by atoms with Gasteiger partial charge in [-0.25, -0.2) is 0 Å². The van der Waals surface area contributed by atoms with E-state index in [2.05, 4.69) is 5.32 Å². The van der Waals surface area contributed by atoms with Gasteiger partial charge >= 0.3 is 0 Å². The molecule has 0 saturated carbocycles. The Morgan fingerprint density at radius 1 is 1.39 bits per heavy atom. The Bertz CT molecular complexity index is 459. The first-order valence-corrected chi connectivity index (χ1v) is 6.27. The quantitative estimate of drug-likeness (QED) is 0.807. The minimum absolute atomic E-state index is 0.0240.